The van der Waals surface area contributed by atoms with Crippen molar-refractivity contribution < 1.29 is 23.2 Å². The largest absolute Gasteiger partial charge is 0.465 e. The number of ether oxygens (including phenoxy) is 1. The van der Waals surface area contributed by atoms with Gasteiger partial charge in [-0.3, -0.25) is 15.1 Å². The van der Waals surface area contributed by atoms with Crippen LogP contribution in [0.1, 0.15) is 23.0 Å². The smallest absolute Gasteiger partial charge is 0.338 e. The van der Waals surface area contributed by atoms with E-state index < -0.39 is 22.5 Å². The first-order valence-electron chi connectivity index (χ1n) is 6.45. The van der Waals surface area contributed by atoms with E-state index in [0.717, 1.165) is 26.2 Å². The van der Waals surface area contributed by atoms with Gasteiger partial charge in [0.25, 0.3) is 11.6 Å². The number of rotatable bonds is 4. The summed E-state index contributed by atoms with van der Waals surface area (Å²) in [6, 6.07) is 6.14. The fraction of sp³-hybridized carbons (Fsp3) is 0.200. The number of pyridine rings is 1. The maximum atomic E-state index is 13.2. The topological polar surface area (TPSA) is 82.3 Å². The van der Waals surface area contributed by atoms with E-state index in [0.29, 0.717) is 11.1 Å². The van der Waals surface area contributed by atoms with Crippen LogP contribution in [0.2, 0.25) is 0 Å². The van der Waals surface area contributed by atoms with Gasteiger partial charge in [0.2, 0.25) is 0 Å². The minimum absolute atomic E-state index is 0.0421. The number of carbonyl (C=O) groups is 1. The van der Waals surface area contributed by atoms with Gasteiger partial charge in [0.1, 0.15) is 5.69 Å². The lowest BCUT2D eigenvalue weighted by atomic mass is 10.00. The molecule has 120 valence electrons. The molecule has 1 heterocycles. The summed E-state index contributed by atoms with van der Waals surface area (Å²) in [5.41, 5.74) is -0.0599. The van der Waals surface area contributed by atoms with Gasteiger partial charge in [0, 0.05) is 30.8 Å². The van der Waals surface area contributed by atoms with Crippen LogP contribution in [0, 0.1) is 10.1 Å². The quantitative estimate of drug-likeness (QED) is 0.488. The molecule has 2 aromatic rings. The Morgan fingerprint density at radius 1 is 1.30 bits per heavy atom. The molecule has 0 radical (unpaired) electrons. The fourth-order valence-corrected chi connectivity index (χ4v) is 1.99. The second-order valence-electron chi connectivity index (χ2n) is 4.80. The lowest BCUT2D eigenvalue weighted by Gasteiger charge is -2.11. The number of methoxy groups -OCH3 is 1. The Bertz CT molecular complexity index is 755. The third-order valence-corrected chi connectivity index (χ3v) is 3.14. The van der Waals surface area contributed by atoms with E-state index in [1.165, 1.54) is 24.4 Å². The average Bonchev–Trinajstić information content (AvgIpc) is 2.52. The van der Waals surface area contributed by atoms with Gasteiger partial charge in [-0.25, -0.2) is 4.79 Å². The van der Waals surface area contributed by atoms with E-state index in [-0.39, 0.29) is 11.3 Å². The number of esters is 1. The molecule has 0 bridgehead atoms. The Morgan fingerprint density at radius 2 is 2.00 bits per heavy atom. The maximum Gasteiger partial charge on any atom is 0.338 e. The molecule has 0 N–H and O–H groups in total. The highest BCUT2D eigenvalue weighted by atomic mass is 19.3. The number of benzene rings is 1. The highest BCUT2D eigenvalue weighted by Crippen LogP contribution is 2.30. The predicted molar refractivity (Wildman–Crippen MR) is 77.2 cm³/mol. The van der Waals surface area contributed by atoms with Crippen molar-refractivity contribution in [1.82, 2.24) is 4.98 Å². The molecule has 0 fully saturated rings. The summed E-state index contributed by atoms with van der Waals surface area (Å²) in [7, 11) is 1.14. The minimum Gasteiger partial charge on any atom is -0.465 e. The van der Waals surface area contributed by atoms with E-state index in [9.17, 15) is 23.7 Å². The Morgan fingerprint density at radius 3 is 2.48 bits per heavy atom. The summed E-state index contributed by atoms with van der Waals surface area (Å²) in [5.74, 6) is -3.85. The van der Waals surface area contributed by atoms with Crippen LogP contribution in [-0.4, -0.2) is 23.0 Å². The van der Waals surface area contributed by atoms with E-state index in [4.69, 9.17) is 0 Å². The lowest BCUT2D eigenvalue weighted by molar-refractivity contribution is -0.384. The standard InChI is InChI=1S/C15H12F2N2O4/c1-15(16,17)13-6-3-9(8-18-13)11-5-4-10(19(21)22)7-12(11)14(20)23-2/h3-8H,1-2H3. The van der Waals surface area contributed by atoms with Crippen LogP contribution in [0.4, 0.5) is 14.5 Å². The molecule has 2 rings (SSSR count). The number of aromatic nitrogens is 1. The van der Waals surface area contributed by atoms with Gasteiger partial charge < -0.3 is 4.74 Å². The molecule has 0 aliphatic carbocycles. The summed E-state index contributed by atoms with van der Waals surface area (Å²) in [6.45, 7) is 0.723. The number of alkyl halides is 2. The van der Waals surface area contributed by atoms with Gasteiger partial charge in [-0.2, -0.15) is 8.78 Å². The molecule has 1 aromatic heterocycles. The van der Waals surface area contributed by atoms with Gasteiger partial charge in [0.15, 0.2) is 0 Å². The first-order chi connectivity index (χ1) is 10.7. The van der Waals surface area contributed by atoms with Crippen molar-refractivity contribution in [2.45, 2.75) is 12.8 Å². The van der Waals surface area contributed by atoms with Crippen molar-refractivity contribution in [2.24, 2.45) is 0 Å². The molecule has 8 heteroatoms. The average molecular weight is 322 g/mol. The van der Waals surface area contributed by atoms with Gasteiger partial charge in [-0.1, -0.05) is 6.07 Å². The monoisotopic (exact) mass is 322 g/mol. The van der Waals surface area contributed by atoms with Crippen LogP contribution < -0.4 is 0 Å². The molecule has 0 aliphatic heterocycles. The summed E-state index contributed by atoms with van der Waals surface area (Å²) >= 11 is 0. The molecule has 0 aliphatic rings. The zero-order valence-corrected chi connectivity index (χ0v) is 12.2. The molecule has 1 aromatic carbocycles. The van der Waals surface area contributed by atoms with Crippen LogP contribution >= 0.6 is 0 Å². The number of halogens is 2. The van der Waals surface area contributed by atoms with E-state index in [2.05, 4.69) is 9.72 Å². The zero-order chi connectivity index (χ0) is 17.2. The highest BCUT2D eigenvalue weighted by molar-refractivity contribution is 5.97. The molecule has 0 saturated heterocycles. The Kier molecular flexibility index (Phi) is 4.35. The molecule has 0 atom stereocenters. The third-order valence-electron chi connectivity index (χ3n) is 3.14. The fourth-order valence-electron chi connectivity index (χ4n) is 1.99. The number of hydrogen-bond donors (Lipinski definition) is 0. The van der Waals surface area contributed by atoms with Crippen molar-refractivity contribution in [2.75, 3.05) is 7.11 Å². The number of nitrogens with zero attached hydrogens (tertiary/aromatic N) is 2. The van der Waals surface area contributed by atoms with Crippen molar-refractivity contribution in [3.63, 3.8) is 0 Å². The molecule has 0 spiro atoms. The van der Waals surface area contributed by atoms with Crippen LogP contribution in [0.15, 0.2) is 36.5 Å². The summed E-state index contributed by atoms with van der Waals surface area (Å²) in [5, 5.41) is 10.8. The molecule has 0 amide bonds. The van der Waals surface area contributed by atoms with Crippen molar-refractivity contribution >= 4 is 11.7 Å². The predicted octanol–water partition coefficient (Wildman–Crippen LogP) is 3.56. The first kappa shape index (κ1) is 16.5. The second-order valence-corrected chi connectivity index (χ2v) is 4.80. The molecule has 23 heavy (non-hydrogen) atoms. The number of hydrogen-bond acceptors (Lipinski definition) is 5. The minimum atomic E-state index is -3.08. The van der Waals surface area contributed by atoms with Gasteiger partial charge in [0.05, 0.1) is 17.6 Å². The summed E-state index contributed by atoms with van der Waals surface area (Å²) in [4.78, 5) is 25.7. The van der Waals surface area contributed by atoms with Gasteiger partial charge in [-0.15, -0.1) is 0 Å². The summed E-state index contributed by atoms with van der Waals surface area (Å²) in [6.07, 6.45) is 1.18. The van der Waals surface area contributed by atoms with E-state index >= 15 is 0 Å². The van der Waals surface area contributed by atoms with Crippen LogP contribution in [0.3, 0.4) is 0 Å². The van der Waals surface area contributed by atoms with Crippen LogP contribution in [0.5, 0.6) is 0 Å². The molecule has 0 saturated carbocycles. The molecule has 0 unspecified atom stereocenters. The van der Waals surface area contributed by atoms with E-state index in [1.807, 2.05) is 0 Å². The van der Waals surface area contributed by atoms with E-state index in [1.54, 1.807) is 0 Å². The van der Waals surface area contributed by atoms with Crippen molar-refractivity contribution in [3.8, 4) is 11.1 Å². The van der Waals surface area contributed by atoms with Crippen molar-refractivity contribution in [1.29, 1.82) is 0 Å². The molecular weight excluding hydrogens is 310 g/mol. The van der Waals surface area contributed by atoms with Crippen molar-refractivity contribution in [3.05, 3.63) is 57.9 Å². The SMILES string of the molecule is COC(=O)c1cc([N+](=O)[O-])ccc1-c1ccc(C(C)(F)F)nc1. The van der Waals surface area contributed by atoms with Gasteiger partial charge in [-0.05, 0) is 17.7 Å². The number of nitro benzene ring substituents is 1. The number of carbonyl (C=O) groups excluding carboxylic acids is 1. The van der Waals surface area contributed by atoms with Gasteiger partial charge >= 0.3 is 5.97 Å². The molecular formula is C15H12F2N2O4. The normalized spacial score (nSPS) is 11.1. The molecule has 6 nitrogen and oxygen atoms in total. The number of nitro groups is 1. The van der Waals surface area contributed by atoms with Crippen LogP contribution in [-0.2, 0) is 10.7 Å². The van der Waals surface area contributed by atoms with Crippen LogP contribution in [0.25, 0.3) is 11.1 Å². The Labute approximate surface area is 129 Å². The third kappa shape index (κ3) is 3.47. The number of non-ortho nitro benzene ring substituents is 1. The Hall–Kier alpha value is -2.90. The lowest BCUT2D eigenvalue weighted by Crippen LogP contribution is -2.09. The summed E-state index contributed by atoms with van der Waals surface area (Å²) < 4.78 is 31.0. The second kappa shape index (κ2) is 6.07. The highest BCUT2D eigenvalue weighted by Gasteiger charge is 2.26. The first-order valence-corrected chi connectivity index (χ1v) is 6.45. The maximum absolute atomic E-state index is 13.2. The zero-order valence-electron chi connectivity index (χ0n) is 12.2. The Balaban J connectivity index is 2.54.